The van der Waals surface area contributed by atoms with Gasteiger partial charge in [-0.1, -0.05) is 6.08 Å². The fourth-order valence-electron chi connectivity index (χ4n) is 1.10. The molecule has 0 saturated heterocycles. The van der Waals surface area contributed by atoms with Crippen LogP contribution in [0.2, 0.25) is 0 Å². The number of nitrogens with one attached hydrogen (secondary N) is 1. The smallest absolute Gasteiger partial charge is 0.398 e. The van der Waals surface area contributed by atoms with Gasteiger partial charge in [-0.3, -0.25) is 0 Å². The Hall–Kier alpha value is -1.65. The summed E-state index contributed by atoms with van der Waals surface area (Å²) >= 11 is 0. The third-order valence-corrected chi connectivity index (χ3v) is 1.81. The van der Waals surface area contributed by atoms with Gasteiger partial charge in [-0.05, 0) is 18.2 Å². The first-order valence-corrected chi connectivity index (χ1v) is 4.26. The summed E-state index contributed by atoms with van der Waals surface area (Å²) < 4.78 is 37.3. The molecule has 3 N–H and O–H groups in total. The van der Waals surface area contributed by atoms with Gasteiger partial charge in [-0.15, -0.1) is 6.58 Å². The molecule has 0 radical (unpaired) electrons. The van der Waals surface area contributed by atoms with E-state index in [2.05, 4.69) is 11.9 Å². The number of benzene rings is 1. The lowest BCUT2D eigenvalue weighted by molar-refractivity contribution is -0.136. The van der Waals surface area contributed by atoms with Crippen LogP contribution in [-0.4, -0.2) is 6.54 Å². The highest BCUT2D eigenvalue weighted by atomic mass is 19.4. The van der Waals surface area contributed by atoms with Crippen molar-refractivity contribution in [1.29, 1.82) is 0 Å². The molecule has 0 spiro atoms. The molecule has 1 aromatic carbocycles. The van der Waals surface area contributed by atoms with Crippen LogP contribution >= 0.6 is 0 Å². The van der Waals surface area contributed by atoms with E-state index in [0.717, 1.165) is 6.07 Å². The van der Waals surface area contributed by atoms with Crippen LogP contribution in [0.15, 0.2) is 30.9 Å². The van der Waals surface area contributed by atoms with Crippen molar-refractivity contribution >= 4 is 11.4 Å². The maximum atomic E-state index is 12.4. The van der Waals surface area contributed by atoms with E-state index in [1.807, 2.05) is 0 Å². The zero-order chi connectivity index (χ0) is 11.5. The number of anilines is 2. The molecule has 0 bridgehead atoms. The largest absolute Gasteiger partial charge is 0.418 e. The molecule has 1 rings (SSSR count). The summed E-state index contributed by atoms with van der Waals surface area (Å²) in [4.78, 5) is 0. The predicted octanol–water partition coefficient (Wildman–Crippen LogP) is 2.89. The Morgan fingerprint density at radius 1 is 1.40 bits per heavy atom. The molecule has 15 heavy (non-hydrogen) atoms. The van der Waals surface area contributed by atoms with Gasteiger partial charge in [-0.2, -0.15) is 13.2 Å². The SMILES string of the molecule is C=CCNc1ccc(N)c(C(F)(F)F)c1. The summed E-state index contributed by atoms with van der Waals surface area (Å²) in [5.74, 6) is 0. The van der Waals surface area contributed by atoms with Crippen LogP contribution < -0.4 is 11.1 Å². The summed E-state index contributed by atoms with van der Waals surface area (Å²) in [7, 11) is 0. The zero-order valence-electron chi connectivity index (χ0n) is 7.93. The Labute approximate surface area is 85.6 Å². The van der Waals surface area contributed by atoms with Gasteiger partial charge in [-0.25, -0.2) is 0 Å². The fourth-order valence-corrected chi connectivity index (χ4v) is 1.10. The van der Waals surface area contributed by atoms with Crippen molar-refractivity contribution in [1.82, 2.24) is 0 Å². The Morgan fingerprint density at radius 2 is 2.07 bits per heavy atom. The molecule has 0 amide bonds. The fraction of sp³-hybridized carbons (Fsp3) is 0.200. The second-order valence-electron chi connectivity index (χ2n) is 2.97. The van der Waals surface area contributed by atoms with Crippen LogP contribution in [0.25, 0.3) is 0 Å². The second-order valence-corrected chi connectivity index (χ2v) is 2.97. The van der Waals surface area contributed by atoms with Gasteiger partial charge in [0, 0.05) is 17.9 Å². The molecule has 0 saturated carbocycles. The number of hydrogen-bond donors (Lipinski definition) is 2. The normalized spacial score (nSPS) is 11.1. The van der Waals surface area contributed by atoms with Crippen LogP contribution in [0.1, 0.15) is 5.56 Å². The minimum Gasteiger partial charge on any atom is -0.398 e. The number of hydrogen-bond acceptors (Lipinski definition) is 2. The summed E-state index contributed by atoms with van der Waals surface area (Å²) in [5.41, 5.74) is 4.51. The first kappa shape index (κ1) is 11.4. The topological polar surface area (TPSA) is 38.0 Å². The van der Waals surface area contributed by atoms with Crippen molar-refractivity contribution in [3.8, 4) is 0 Å². The van der Waals surface area contributed by atoms with Gasteiger partial charge in [0.25, 0.3) is 0 Å². The molecule has 0 atom stereocenters. The summed E-state index contributed by atoms with van der Waals surface area (Å²) in [6, 6.07) is 3.71. The van der Waals surface area contributed by atoms with Crippen molar-refractivity contribution in [3.05, 3.63) is 36.4 Å². The van der Waals surface area contributed by atoms with Gasteiger partial charge in [0.15, 0.2) is 0 Å². The highest BCUT2D eigenvalue weighted by Gasteiger charge is 2.33. The Morgan fingerprint density at radius 3 is 2.60 bits per heavy atom. The summed E-state index contributed by atoms with van der Waals surface area (Å²) in [5, 5.41) is 2.76. The summed E-state index contributed by atoms with van der Waals surface area (Å²) in [6.07, 6.45) is -2.86. The lowest BCUT2D eigenvalue weighted by Gasteiger charge is -2.12. The summed E-state index contributed by atoms with van der Waals surface area (Å²) in [6.45, 7) is 3.86. The molecule has 5 heteroatoms. The van der Waals surface area contributed by atoms with E-state index < -0.39 is 11.7 Å². The molecular weight excluding hydrogens is 205 g/mol. The lowest BCUT2D eigenvalue weighted by Crippen LogP contribution is -2.10. The van der Waals surface area contributed by atoms with Crippen LogP contribution in [-0.2, 0) is 6.18 Å². The molecule has 0 aliphatic heterocycles. The number of nitrogen functional groups attached to an aromatic ring is 1. The quantitative estimate of drug-likeness (QED) is 0.602. The standard InChI is InChI=1S/C10H11F3N2/c1-2-5-15-7-3-4-9(14)8(6-7)10(11,12)13/h2-4,6,15H,1,5,14H2. The number of nitrogens with two attached hydrogens (primary N) is 1. The van der Waals surface area contributed by atoms with Crippen molar-refractivity contribution in [2.75, 3.05) is 17.6 Å². The first-order chi connectivity index (χ1) is 6.95. The molecule has 0 fully saturated rings. The minimum atomic E-state index is -4.42. The molecular formula is C10H11F3N2. The average molecular weight is 216 g/mol. The van der Waals surface area contributed by atoms with Gasteiger partial charge >= 0.3 is 6.18 Å². The van der Waals surface area contributed by atoms with Gasteiger partial charge in [0.05, 0.1) is 5.56 Å². The Balaban J connectivity index is 3.00. The van der Waals surface area contributed by atoms with Gasteiger partial charge in [0.1, 0.15) is 0 Å². The first-order valence-electron chi connectivity index (χ1n) is 4.26. The Kier molecular flexibility index (Phi) is 3.24. The second kappa shape index (κ2) is 4.25. The van der Waals surface area contributed by atoms with Crippen molar-refractivity contribution < 1.29 is 13.2 Å². The molecule has 82 valence electrons. The van der Waals surface area contributed by atoms with E-state index in [0.29, 0.717) is 12.2 Å². The third-order valence-electron chi connectivity index (χ3n) is 1.81. The molecule has 0 heterocycles. The van der Waals surface area contributed by atoms with Crippen molar-refractivity contribution in [3.63, 3.8) is 0 Å². The molecule has 1 aromatic rings. The monoisotopic (exact) mass is 216 g/mol. The van der Waals surface area contributed by atoms with E-state index in [4.69, 9.17) is 5.73 Å². The van der Waals surface area contributed by atoms with Gasteiger partial charge in [0.2, 0.25) is 0 Å². The average Bonchev–Trinajstić information content (AvgIpc) is 2.15. The zero-order valence-corrected chi connectivity index (χ0v) is 7.93. The van der Waals surface area contributed by atoms with Crippen LogP contribution in [0.5, 0.6) is 0 Å². The maximum Gasteiger partial charge on any atom is 0.418 e. The van der Waals surface area contributed by atoms with Crippen molar-refractivity contribution in [2.45, 2.75) is 6.18 Å². The highest BCUT2D eigenvalue weighted by molar-refractivity contribution is 5.58. The van der Waals surface area contributed by atoms with E-state index in [9.17, 15) is 13.2 Å². The number of rotatable bonds is 3. The van der Waals surface area contributed by atoms with Gasteiger partial charge < -0.3 is 11.1 Å². The molecule has 0 aliphatic carbocycles. The highest BCUT2D eigenvalue weighted by Crippen LogP contribution is 2.34. The van der Waals surface area contributed by atoms with Crippen LogP contribution in [0.4, 0.5) is 24.5 Å². The molecule has 0 aliphatic rings. The Bertz CT molecular complexity index is 358. The third kappa shape index (κ3) is 2.90. The van der Waals surface area contributed by atoms with E-state index in [-0.39, 0.29) is 5.69 Å². The van der Waals surface area contributed by atoms with Crippen LogP contribution in [0.3, 0.4) is 0 Å². The predicted molar refractivity (Wildman–Crippen MR) is 54.5 cm³/mol. The van der Waals surface area contributed by atoms with E-state index in [1.165, 1.54) is 12.1 Å². The lowest BCUT2D eigenvalue weighted by atomic mass is 10.1. The molecule has 0 aromatic heterocycles. The maximum absolute atomic E-state index is 12.4. The van der Waals surface area contributed by atoms with E-state index in [1.54, 1.807) is 6.08 Å². The number of alkyl halides is 3. The van der Waals surface area contributed by atoms with Crippen molar-refractivity contribution in [2.24, 2.45) is 0 Å². The molecule has 0 unspecified atom stereocenters. The van der Waals surface area contributed by atoms with Crippen LogP contribution in [0, 0.1) is 0 Å². The molecule has 2 nitrogen and oxygen atoms in total. The minimum absolute atomic E-state index is 0.272. The van der Waals surface area contributed by atoms with E-state index >= 15 is 0 Å². The number of halogens is 3.